The second-order valence-corrected chi connectivity index (χ2v) is 8.46. The van der Waals surface area contributed by atoms with Crippen LogP contribution in [0.5, 0.6) is 0 Å². The number of amides is 1. The molecule has 0 unspecified atom stereocenters. The molecule has 2 aromatic rings. The van der Waals surface area contributed by atoms with E-state index in [4.69, 9.17) is 11.6 Å². The van der Waals surface area contributed by atoms with Gasteiger partial charge in [-0.25, -0.2) is 8.42 Å². The van der Waals surface area contributed by atoms with Crippen LogP contribution in [0.1, 0.15) is 34.5 Å². The molecule has 1 amide bonds. The molecule has 0 saturated carbocycles. The fraction of sp³-hybridized carbons (Fsp3) is 0.278. The van der Waals surface area contributed by atoms with Crippen LogP contribution in [0.3, 0.4) is 0 Å². The molecule has 1 atom stereocenters. The molecule has 3 rings (SSSR count). The Hall–Kier alpha value is -2.05. The topological polar surface area (TPSA) is 66.5 Å². The van der Waals surface area contributed by atoms with E-state index >= 15 is 0 Å². The Kier molecular flexibility index (Phi) is 4.75. The minimum atomic E-state index is -3.29. The van der Waals surface area contributed by atoms with E-state index in [1.165, 1.54) is 10.6 Å². The first-order valence-corrected chi connectivity index (χ1v) is 10.2. The van der Waals surface area contributed by atoms with Crippen LogP contribution in [0.25, 0.3) is 0 Å². The van der Waals surface area contributed by atoms with Crippen molar-refractivity contribution in [1.29, 1.82) is 0 Å². The molecular formula is C18H19ClN2O3S. The molecule has 1 heterocycles. The Bertz CT molecular complexity index is 928. The Morgan fingerprint density at radius 2 is 1.96 bits per heavy atom. The maximum atomic E-state index is 12.5. The van der Waals surface area contributed by atoms with Gasteiger partial charge in [0.1, 0.15) is 0 Å². The lowest BCUT2D eigenvalue weighted by Gasteiger charge is -2.18. The third-order valence-corrected chi connectivity index (χ3v) is 5.84. The third kappa shape index (κ3) is 3.65. The van der Waals surface area contributed by atoms with E-state index in [1.54, 1.807) is 24.3 Å². The lowest BCUT2D eigenvalue weighted by molar-refractivity contribution is 0.0940. The fourth-order valence-electron chi connectivity index (χ4n) is 3.04. The lowest BCUT2D eigenvalue weighted by atomic mass is 10.1. The van der Waals surface area contributed by atoms with Crippen LogP contribution in [0.15, 0.2) is 42.5 Å². The summed E-state index contributed by atoms with van der Waals surface area (Å²) in [5, 5.41) is 3.54. The number of fused-ring (bicyclic) bond motifs is 1. The highest BCUT2D eigenvalue weighted by Gasteiger charge is 2.27. The average Bonchev–Trinajstić information content (AvgIpc) is 2.98. The monoisotopic (exact) mass is 378 g/mol. The number of sulfonamides is 1. The van der Waals surface area contributed by atoms with Gasteiger partial charge in [0.15, 0.2) is 0 Å². The zero-order valence-corrected chi connectivity index (χ0v) is 15.6. The van der Waals surface area contributed by atoms with E-state index in [2.05, 4.69) is 5.32 Å². The van der Waals surface area contributed by atoms with Crippen LogP contribution in [0.4, 0.5) is 5.69 Å². The van der Waals surface area contributed by atoms with E-state index in [0.717, 1.165) is 11.1 Å². The summed E-state index contributed by atoms with van der Waals surface area (Å²) in [5.74, 6) is -0.215. The van der Waals surface area contributed by atoms with Crippen LogP contribution in [0, 0.1) is 0 Å². The molecule has 0 aromatic heterocycles. The standard InChI is InChI=1S/C18H19ClN2O3S/c1-12(15-5-3-4-6-16(15)19)20-18(22)14-7-8-17-13(11-14)9-10-21(17)25(2,23)24/h3-8,11-12H,9-10H2,1-2H3,(H,20,22)/t12-/m0/s1. The van der Waals surface area contributed by atoms with Crippen molar-refractivity contribution in [2.24, 2.45) is 0 Å². The number of carbonyl (C=O) groups is 1. The average molecular weight is 379 g/mol. The Balaban J connectivity index is 1.79. The summed E-state index contributed by atoms with van der Waals surface area (Å²) in [7, 11) is -3.29. The number of carbonyl (C=O) groups excluding carboxylic acids is 1. The lowest BCUT2D eigenvalue weighted by Crippen LogP contribution is -2.28. The summed E-state index contributed by atoms with van der Waals surface area (Å²) < 4.78 is 24.9. The molecule has 1 aliphatic rings. The third-order valence-electron chi connectivity index (χ3n) is 4.31. The summed E-state index contributed by atoms with van der Waals surface area (Å²) in [6.45, 7) is 2.28. The van der Waals surface area contributed by atoms with E-state index < -0.39 is 10.0 Å². The smallest absolute Gasteiger partial charge is 0.251 e. The molecule has 0 aliphatic carbocycles. The molecule has 5 nitrogen and oxygen atoms in total. The van der Waals surface area contributed by atoms with Gasteiger partial charge in [-0.05, 0) is 48.7 Å². The summed E-state index contributed by atoms with van der Waals surface area (Å²) in [6.07, 6.45) is 1.79. The van der Waals surface area contributed by atoms with Crippen LogP contribution in [-0.4, -0.2) is 27.1 Å². The molecule has 0 bridgehead atoms. The number of benzene rings is 2. The number of anilines is 1. The predicted octanol–water partition coefficient (Wildman–Crippen LogP) is 3.15. The van der Waals surface area contributed by atoms with Crippen LogP contribution >= 0.6 is 11.6 Å². The van der Waals surface area contributed by atoms with Crippen molar-refractivity contribution in [2.45, 2.75) is 19.4 Å². The van der Waals surface area contributed by atoms with Crippen LogP contribution in [0.2, 0.25) is 5.02 Å². The van der Waals surface area contributed by atoms with Crippen molar-refractivity contribution in [3.63, 3.8) is 0 Å². The Morgan fingerprint density at radius 3 is 2.64 bits per heavy atom. The van der Waals surface area contributed by atoms with Crippen molar-refractivity contribution in [3.8, 4) is 0 Å². The van der Waals surface area contributed by atoms with E-state index in [-0.39, 0.29) is 11.9 Å². The maximum absolute atomic E-state index is 12.5. The first-order chi connectivity index (χ1) is 11.8. The largest absolute Gasteiger partial charge is 0.345 e. The molecule has 0 fully saturated rings. The van der Waals surface area contributed by atoms with E-state index in [9.17, 15) is 13.2 Å². The minimum absolute atomic E-state index is 0.215. The number of nitrogens with one attached hydrogen (secondary N) is 1. The molecule has 0 radical (unpaired) electrons. The van der Waals surface area contributed by atoms with Gasteiger partial charge < -0.3 is 5.32 Å². The zero-order chi connectivity index (χ0) is 18.2. The normalized spacial score (nSPS) is 14.9. The Labute approximate surface area is 152 Å². The van der Waals surface area contributed by atoms with Gasteiger partial charge in [-0.2, -0.15) is 0 Å². The molecule has 1 aliphatic heterocycles. The van der Waals surface area contributed by atoms with Crippen molar-refractivity contribution in [1.82, 2.24) is 5.32 Å². The highest BCUT2D eigenvalue weighted by Crippen LogP contribution is 2.31. The predicted molar refractivity (Wildman–Crippen MR) is 99.7 cm³/mol. The van der Waals surface area contributed by atoms with Crippen LogP contribution < -0.4 is 9.62 Å². The van der Waals surface area contributed by atoms with Crippen molar-refractivity contribution < 1.29 is 13.2 Å². The minimum Gasteiger partial charge on any atom is -0.345 e. The molecular weight excluding hydrogens is 360 g/mol. The molecule has 0 spiro atoms. The van der Waals surface area contributed by atoms with Gasteiger partial charge in [0, 0.05) is 17.1 Å². The molecule has 2 aromatic carbocycles. The summed E-state index contributed by atoms with van der Waals surface area (Å²) in [4.78, 5) is 12.5. The van der Waals surface area contributed by atoms with E-state index in [1.807, 2.05) is 25.1 Å². The maximum Gasteiger partial charge on any atom is 0.251 e. The number of halogens is 1. The molecule has 132 valence electrons. The Morgan fingerprint density at radius 1 is 1.24 bits per heavy atom. The first-order valence-electron chi connectivity index (χ1n) is 7.93. The second-order valence-electron chi connectivity index (χ2n) is 6.15. The molecule has 7 heteroatoms. The SMILES string of the molecule is C[C@H](NC(=O)c1ccc2c(c1)CCN2S(C)(=O)=O)c1ccccc1Cl. The van der Waals surface area contributed by atoms with E-state index in [0.29, 0.717) is 29.2 Å². The van der Waals surface area contributed by atoms with Crippen molar-refractivity contribution >= 4 is 33.2 Å². The van der Waals surface area contributed by atoms with Gasteiger partial charge in [0.05, 0.1) is 18.0 Å². The second kappa shape index (κ2) is 6.69. The number of rotatable bonds is 4. The van der Waals surface area contributed by atoms with Gasteiger partial charge >= 0.3 is 0 Å². The van der Waals surface area contributed by atoms with Gasteiger partial charge in [0.25, 0.3) is 5.91 Å². The van der Waals surface area contributed by atoms with Crippen molar-refractivity contribution in [2.75, 3.05) is 17.1 Å². The quantitative estimate of drug-likeness (QED) is 0.888. The molecule has 25 heavy (non-hydrogen) atoms. The molecule has 1 N–H and O–H groups in total. The van der Waals surface area contributed by atoms with Gasteiger partial charge in [-0.1, -0.05) is 29.8 Å². The highest BCUT2D eigenvalue weighted by atomic mass is 35.5. The molecule has 0 saturated heterocycles. The van der Waals surface area contributed by atoms with Crippen molar-refractivity contribution in [3.05, 3.63) is 64.2 Å². The van der Waals surface area contributed by atoms with Gasteiger partial charge in [0.2, 0.25) is 10.0 Å². The number of nitrogens with zero attached hydrogens (tertiary/aromatic N) is 1. The first kappa shape index (κ1) is 17.8. The number of hydrogen-bond acceptors (Lipinski definition) is 3. The zero-order valence-electron chi connectivity index (χ0n) is 14.0. The number of hydrogen-bond donors (Lipinski definition) is 1. The summed E-state index contributed by atoms with van der Waals surface area (Å²) >= 11 is 6.17. The summed E-state index contributed by atoms with van der Waals surface area (Å²) in [6, 6.07) is 12.2. The van der Waals surface area contributed by atoms with Gasteiger partial charge in [-0.3, -0.25) is 9.10 Å². The van der Waals surface area contributed by atoms with Crippen LogP contribution in [-0.2, 0) is 16.4 Å². The summed E-state index contributed by atoms with van der Waals surface area (Å²) in [5.41, 5.74) is 2.87. The fourth-order valence-corrected chi connectivity index (χ4v) is 4.30. The highest BCUT2D eigenvalue weighted by molar-refractivity contribution is 7.92. The van der Waals surface area contributed by atoms with Gasteiger partial charge in [-0.15, -0.1) is 0 Å².